The summed E-state index contributed by atoms with van der Waals surface area (Å²) < 4.78 is 5.26. The summed E-state index contributed by atoms with van der Waals surface area (Å²) in [7, 11) is 0. The zero-order valence-electron chi connectivity index (χ0n) is 13.8. The van der Waals surface area contributed by atoms with Crippen LogP contribution in [0.1, 0.15) is 30.2 Å². The molecule has 128 valence electrons. The Kier molecular flexibility index (Phi) is 4.95. The summed E-state index contributed by atoms with van der Waals surface area (Å²) in [5.74, 6) is 0.0358. The van der Waals surface area contributed by atoms with E-state index in [1.165, 1.54) is 0 Å². The second-order valence-corrected chi connectivity index (χ2v) is 5.68. The van der Waals surface area contributed by atoms with E-state index in [0.29, 0.717) is 5.56 Å². The Morgan fingerprint density at radius 1 is 0.920 bits per heavy atom. The monoisotopic (exact) mass is 337 g/mol. The maximum absolute atomic E-state index is 11.9. The van der Waals surface area contributed by atoms with E-state index in [9.17, 15) is 14.7 Å². The first-order valence-corrected chi connectivity index (χ1v) is 8.14. The molecule has 0 heterocycles. The van der Waals surface area contributed by atoms with Crippen molar-refractivity contribution >= 4 is 5.69 Å². The molecular weight excluding hydrogens is 318 g/mol. The van der Waals surface area contributed by atoms with Gasteiger partial charge in [0.15, 0.2) is 5.75 Å². The Morgan fingerprint density at radius 3 is 2.04 bits per heavy atom. The van der Waals surface area contributed by atoms with Crippen LogP contribution in [0, 0.1) is 0 Å². The predicted molar refractivity (Wildman–Crippen MR) is 96.7 cm³/mol. The van der Waals surface area contributed by atoms with E-state index in [1.807, 2.05) is 60.7 Å². The minimum Gasteiger partial charge on any atom is -0.488 e. The Bertz CT molecular complexity index is 899. The van der Waals surface area contributed by atoms with E-state index < -0.39 is 23.0 Å². The minimum absolute atomic E-state index is 0.0358. The van der Waals surface area contributed by atoms with Crippen LogP contribution in [0.2, 0.25) is 0 Å². The molecular formula is C20H19NO4. The quantitative estimate of drug-likeness (QED) is 0.648. The molecule has 0 unspecified atom stereocenters. The average molecular weight is 337 g/mol. The van der Waals surface area contributed by atoms with Crippen LogP contribution in [-0.2, 0) is 0 Å². The maximum Gasteiger partial charge on any atom is 0.272 e. The Labute approximate surface area is 145 Å². The topological polar surface area (TPSA) is 75.6 Å². The fraction of sp³-hybridized carbons (Fsp3) is 0.200. The molecule has 0 amide bonds. The number of hydrogen-bond donors (Lipinski definition) is 2. The highest BCUT2D eigenvalue weighted by atomic mass is 16.5. The van der Waals surface area contributed by atoms with Crippen molar-refractivity contribution < 1.29 is 9.84 Å². The van der Waals surface area contributed by atoms with Crippen LogP contribution in [0.25, 0.3) is 0 Å². The molecule has 0 spiro atoms. The molecule has 0 saturated carbocycles. The molecule has 3 aromatic rings. The Balaban J connectivity index is 1.97. The number of nitrogens with one attached hydrogen (secondary N) is 1. The number of aliphatic hydroxyl groups is 1. The van der Waals surface area contributed by atoms with E-state index in [0.717, 1.165) is 5.56 Å². The van der Waals surface area contributed by atoms with Crippen LogP contribution in [0.3, 0.4) is 0 Å². The van der Waals surface area contributed by atoms with Gasteiger partial charge in [-0.2, -0.15) is 0 Å². The molecule has 2 N–H and O–H groups in total. The van der Waals surface area contributed by atoms with E-state index >= 15 is 0 Å². The van der Waals surface area contributed by atoms with Gasteiger partial charge in [-0.1, -0.05) is 60.7 Å². The Hall–Kier alpha value is -2.92. The van der Waals surface area contributed by atoms with Gasteiger partial charge in [0.05, 0.1) is 12.6 Å². The van der Waals surface area contributed by atoms with Crippen LogP contribution < -0.4 is 20.9 Å². The summed E-state index contributed by atoms with van der Waals surface area (Å²) in [6.07, 6.45) is -0.900. The normalized spacial score (nSPS) is 13.4. The lowest BCUT2D eigenvalue weighted by Crippen LogP contribution is -2.37. The lowest BCUT2D eigenvalue weighted by atomic mass is 9.95. The maximum atomic E-state index is 11.9. The smallest absolute Gasteiger partial charge is 0.272 e. The number of aliphatic hydroxyl groups excluding tert-OH is 1. The zero-order chi connectivity index (χ0) is 17.8. The molecule has 3 rings (SSSR count). The van der Waals surface area contributed by atoms with Gasteiger partial charge in [0.2, 0.25) is 0 Å². The highest BCUT2D eigenvalue weighted by Crippen LogP contribution is 2.33. The third-order valence-corrected chi connectivity index (χ3v) is 4.07. The summed E-state index contributed by atoms with van der Waals surface area (Å²) in [5, 5.41) is 13.9. The standard InChI is InChI=1S/C20H19NO4/c1-2-25-20-16(18(23)19(20)24)21-15(13-9-5-3-6-10-13)17(22)14-11-7-4-8-12-14/h3-12,15,17,21-22H,2H2,1H3/t15-,17+/m1/s1. The summed E-state index contributed by atoms with van der Waals surface area (Å²) in [6.45, 7) is 2.03. The SMILES string of the molecule is CCOc1c(N[C@H](c2ccccc2)[C@@H](O)c2ccccc2)c(=O)c1=O. The van der Waals surface area contributed by atoms with Gasteiger partial charge in [-0.25, -0.2) is 0 Å². The van der Waals surface area contributed by atoms with Gasteiger partial charge in [-0.3, -0.25) is 9.59 Å². The van der Waals surface area contributed by atoms with Crippen molar-refractivity contribution in [3.63, 3.8) is 0 Å². The number of hydrogen-bond acceptors (Lipinski definition) is 5. The van der Waals surface area contributed by atoms with Crippen molar-refractivity contribution in [1.29, 1.82) is 0 Å². The van der Waals surface area contributed by atoms with Crippen LogP contribution in [0.15, 0.2) is 70.3 Å². The molecule has 5 heteroatoms. The number of anilines is 1. The van der Waals surface area contributed by atoms with Gasteiger partial charge in [0.25, 0.3) is 10.9 Å². The number of ether oxygens (including phenoxy) is 1. The van der Waals surface area contributed by atoms with Crippen LogP contribution in [0.5, 0.6) is 5.75 Å². The van der Waals surface area contributed by atoms with Gasteiger partial charge < -0.3 is 15.2 Å². The molecule has 0 aliphatic rings. The fourth-order valence-corrected chi connectivity index (χ4v) is 2.79. The molecule has 25 heavy (non-hydrogen) atoms. The molecule has 2 atom stereocenters. The first-order chi connectivity index (χ1) is 12.1. The summed E-state index contributed by atoms with van der Waals surface area (Å²) in [5.41, 5.74) is 0.376. The van der Waals surface area contributed by atoms with Gasteiger partial charge in [0.1, 0.15) is 11.8 Å². The lowest BCUT2D eigenvalue weighted by molar-refractivity contribution is 0.154. The lowest BCUT2D eigenvalue weighted by Gasteiger charge is -2.27. The summed E-state index contributed by atoms with van der Waals surface area (Å²) >= 11 is 0. The molecule has 0 aliphatic carbocycles. The van der Waals surface area contributed by atoms with Crippen LogP contribution >= 0.6 is 0 Å². The summed E-state index contributed by atoms with van der Waals surface area (Å²) in [4.78, 5) is 23.6. The first kappa shape index (κ1) is 16.9. The minimum atomic E-state index is -0.900. The zero-order valence-corrected chi connectivity index (χ0v) is 13.8. The van der Waals surface area contributed by atoms with Crippen molar-refractivity contribution in [1.82, 2.24) is 0 Å². The van der Waals surface area contributed by atoms with Gasteiger partial charge in [0, 0.05) is 0 Å². The third kappa shape index (κ3) is 3.32. The van der Waals surface area contributed by atoms with E-state index in [2.05, 4.69) is 5.32 Å². The fourth-order valence-electron chi connectivity index (χ4n) is 2.79. The first-order valence-electron chi connectivity index (χ1n) is 8.14. The molecule has 5 nitrogen and oxygen atoms in total. The third-order valence-electron chi connectivity index (χ3n) is 4.07. The van der Waals surface area contributed by atoms with Crippen molar-refractivity contribution in [3.05, 3.63) is 92.2 Å². The molecule has 0 fully saturated rings. The molecule has 0 aromatic heterocycles. The molecule has 0 aliphatic heterocycles. The molecule has 0 saturated heterocycles. The van der Waals surface area contributed by atoms with Crippen molar-refractivity contribution in [2.24, 2.45) is 0 Å². The second-order valence-electron chi connectivity index (χ2n) is 5.68. The van der Waals surface area contributed by atoms with Crippen molar-refractivity contribution in [2.75, 3.05) is 11.9 Å². The van der Waals surface area contributed by atoms with Crippen molar-refractivity contribution in [2.45, 2.75) is 19.1 Å². The van der Waals surface area contributed by atoms with Crippen LogP contribution in [0.4, 0.5) is 5.69 Å². The predicted octanol–water partition coefficient (Wildman–Crippen LogP) is 2.57. The Morgan fingerprint density at radius 2 is 1.48 bits per heavy atom. The van der Waals surface area contributed by atoms with E-state index in [4.69, 9.17) is 4.74 Å². The van der Waals surface area contributed by atoms with E-state index in [1.54, 1.807) is 6.92 Å². The number of rotatable bonds is 7. The van der Waals surface area contributed by atoms with Gasteiger partial charge in [-0.15, -0.1) is 0 Å². The van der Waals surface area contributed by atoms with Gasteiger partial charge >= 0.3 is 0 Å². The van der Waals surface area contributed by atoms with Crippen LogP contribution in [-0.4, -0.2) is 11.7 Å². The molecule has 3 aromatic carbocycles. The van der Waals surface area contributed by atoms with E-state index in [-0.39, 0.29) is 18.0 Å². The molecule has 0 bridgehead atoms. The summed E-state index contributed by atoms with van der Waals surface area (Å²) in [6, 6.07) is 17.9. The van der Waals surface area contributed by atoms with Crippen molar-refractivity contribution in [3.8, 4) is 5.75 Å². The van der Waals surface area contributed by atoms with Gasteiger partial charge in [-0.05, 0) is 18.1 Å². The number of benzene rings is 2. The second kappa shape index (κ2) is 7.32. The highest BCUT2D eigenvalue weighted by Gasteiger charge is 2.29. The highest BCUT2D eigenvalue weighted by molar-refractivity contribution is 5.63. The largest absolute Gasteiger partial charge is 0.488 e. The molecule has 0 radical (unpaired) electrons. The average Bonchev–Trinajstić information content (AvgIpc) is 2.68.